The van der Waals surface area contributed by atoms with Gasteiger partial charge in [0.25, 0.3) is 0 Å². The molecule has 4 nitrogen and oxygen atoms in total. The molecule has 3 rings (SSSR count). The summed E-state index contributed by atoms with van der Waals surface area (Å²) in [7, 11) is 1.99. The highest BCUT2D eigenvalue weighted by Gasteiger charge is 2.13. The van der Waals surface area contributed by atoms with Gasteiger partial charge in [0.1, 0.15) is 0 Å². The van der Waals surface area contributed by atoms with E-state index in [9.17, 15) is 0 Å². The Morgan fingerprint density at radius 3 is 2.68 bits per heavy atom. The second-order valence-electron chi connectivity index (χ2n) is 5.19. The van der Waals surface area contributed by atoms with Crippen LogP contribution in [0.2, 0.25) is 0 Å². The average Bonchev–Trinajstić information content (AvgIpc) is 3.01. The lowest BCUT2D eigenvalue weighted by Gasteiger charge is -2.21. The van der Waals surface area contributed by atoms with Crippen molar-refractivity contribution in [2.45, 2.75) is 13.1 Å². The topological polar surface area (TPSA) is 33.7 Å². The number of nitrogens with one attached hydrogen (secondary N) is 1. The summed E-state index contributed by atoms with van der Waals surface area (Å²) in [6, 6.07) is 16.2. The molecule has 0 saturated heterocycles. The number of hydrogen-bond donors (Lipinski definition) is 1. The maximum absolute atomic E-state index is 5.43. The number of hydrogen-bond acceptors (Lipinski definition) is 3. The SMILES string of the molecule is CN(Cc1ccccc1)C(=S)NCc1ccc2c(c1)OCO2. The summed E-state index contributed by atoms with van der Waals surface area (Å²) in [6.07, 6.45) is 0. The fourth-order valence-corrected chi connectivity index (χ4v) is 2.43. The molecular formula is C17H18N2O2S. The minimum Gasteiger partial charge on any atom is -0.454 e. The third-order valence-corrected chi connectivity index (χ3v) is 3.95. The van der Waals surface area contributed by atoms with E-state index in [-0.39, 0.29) is 0 Å². The summed E-state index contributed by atoms with van der Waals surface area (Å²) >= 11 is 5.43. The first kappa shape index (κ1) is 14.7. The Bertz CT molecular complexity index is 661. The van der Waals surface area contributed by atoms with Crippen LogP contribution in [0.1, 0.15) is 11.1 Å². The first-order valence-corrected chi connectivity index (χ1v) is 7.54. The normalized spacial score (nSPS) is 12.0. The zero-order chi connectivity index (χ0) is 15.4. The molecule has 1 heterocycles. The van der Waals surface area contributed by atoms with Crippen LogP contribution in [0.5, 0.6) is 11.5 Å². The number of thiocarbonyl (C=S) groups is 1. The van der Waals surface area contributed by atoms with Gasteiger partial charge in [-0.2, -0.15) is 0 Å². The Kier molecular flexibility index (Phi) is 4.44. The van der Waals surface area contributed by atoms with Crippen LogP contribution in [-0.4, -0.2) is 23.9 Å². The Hall–Kier alpha value is -2.27. The smallest absolute Gasteiger partial charge is 0.231 e. The van der Waals surface area contributed by atoms with Gasteiger partial charge in [-0.15, -0.1) is 0 Å². The molecule has 22 heavy (non-hydrogen) atoms. The molecule has 0 bridgehead atoms. The van der Waals surface area contributed by atoms with Crippen molar-refractivity contribution >= 4 is 17.3 Å². The summed E-state index contributed by atoms with van der Waals surface area (Å²) in [5.41, 5.74) is 2.34. The highest BCUT2D eigenvalue weighted by atomic mass is 32.1. The Balaban J connectivity index is 1.53. The summed E-state index contributed by atoms with van der Waals surface area (Å²) in [4.78, 5) is 2.03. The van der Waals surface area contributed by atoms with Gasteiger partial charge in [0.05, 0.1) is 0 Å². The minimum absolute atomic E-state index is 0.296. The summed E-state index contributed by atoms with van der Waals surface area (Å²) in [5.74, 6) is 1.59. The molecule has 114 valence electrons. The lowest BCUT2D eigenvalue weighted by molar-refractivity contribution is 0.174. The zero-order valence-electron chi connectivity index (χ0n) is 12.4. The molecule has 0 saturated carbocycles. The lowest BCUT2D eigenvalue weighted by Crippen LogP contribution is -2.36. The van der Waals surface area contributed by atoms with Crippen LogP contribution in [0, 0.1) is 0 Å². The molecule has 0 aromatic heterocycles. The van der Waals surface area contributed by atoms with Gasteiger partial charge in [0, 0.05) is 20.1 Å². The predicted octanol–water partition coefficient (Wildman–Crippen LogP) is 2.92. The van der Waals surface area contributed by atoms with Crippen LogP contribution in [0.25, 0.3) is 0 Å². The van der Waals surface area contributed by atoms with E-state index in [1.165, 1.54) is 5.56 Å². The maximum Gasteiger partial charge on any atom is 0.231 e. The van der Waals surface area contributed by atoms with Gasteiger partial charge in [-0.1, -0.05) is 36.4 Å². The molecule has 0 aliphatic carbocycles. The van der Waals surface area contributed by atoms with Crippen molar-refractivity contribution < 1.29 is 9.47 Å². The Morgan fingerprint density at radius 1 is 1.09 bits per heavy atom. The molecular weight excluding hydrogens is 296 g/mol. The standard InChI is InChI=1S/C17H18N2O2S/c1-19(11-13-5-3-2-4-6-13)17(22)18-10-14-7-8-15-16(9-14)21-12-20-15/h2-9H,10-12H2,1H3,(H,18,22). The van der Waals surface area contributed by atoms with E-state index in [0.717, 1.165) is 28.7 Å². The van der Waals surface area contributed by atoms with E-state index < -0.39 is 0 Å². The van der Waals surface area contributed by atoms with Crippen LogP contribution < -0.4 is 14.8 Å². The molecule has 0 atom stereocenters. The molecule has 1 aliphatic rings. The maximum atomic E-state index is 5.43. The summed E-state index contributed by atoms with van der Waals surface area (Å²) in [6.45, 7) is 1.74. The largest absolute Gasteiger partial charge is 0.454 e. The Labute approximate surface area is 135 Å². The highest BCUT2D eigenvalue weighted by molar-refractivity contribution is 7.80. The molecule has 0 spiro atoms. The van der Waals surface area contributed by atoms with Crippen molar-refractivity contribution in [1.82, 2.24) is 10.2 Å². The monoisotopic (exact) mass is 314 g/mol. The van der Waals surface area contributed by atoms with Gasteiger partial charge in [-0.3, -0.25) is 0 Å². The van der Waals surface area contributed by atoms with Gasteiger partial charge in [-0.25, -0.2) is 0 Å². The molecule has 1 aliphatic heterocycles. The summed E-state index contributed by atoms with van der Waals surface area (Å²) < 4.78 is 10.7. The van der Waals surface area contributed by atoms with Crippen LogP contribution in [0.3, 0.4) is 0 Å². The fourth-order valence-electron chi connectivity index (χ4n) is 2.29. The molecule has 0 amide bonds. The predicted molar refractivity (Wildman–Crippen MR) is 89.9 cm³/mol. The second-order valence-corrected chi connectivity index (χ2v) is 5.57. The average molecular weight is 314 g/mol. The van der Waals surface area contributed by atoms with Crippen LogP contribution in [-0.2, 0) is 13.1 Å². The molecule has 2 aromatic rings. The molecule has 5 heteroatoms. The van der Waals surface area contributed by atoms with Crippen molar-refractivity contribution in [3.05, 3.63) is 59.7 Å². The number of nitrogens with zero attached hydrogens (tertiary/aromatic N) is 1. The molecule has 0 fully saturated rings. The van der Waals surface area contributed by atoms with Crippen LogP contribution >= 0.6 is 12.2 Å². The molecule has 2 aromatic carbocycles. The van der Waals surface area contributed by atoms with E-state index in [2.05, 4.69) is 17.4 Å². The number of ether oxygens (including phenoxy) is 2. The van der Waals surface area contributed by atoms with Crippen molar-refractivity contribution in [1.29, 1.82) is 0 Å². The number of fused-ring (bicyclic) bond motifs is 1. The van der Waals surface area contributed by atoms with Gasteiger partial charge >= 0.3 is 0 Å². The van der Waals surface area contributed by atoms with E-state index in [4.69, 9.17) is 21.7 Å². The van der Waals surface area contributed by atoms with Crippen molar-refractivity contribution in [3.63, 3.8) is 0 Å². The Morgan fingerprint density at radius 2 is 1.86 bits per heavy atom. The van der Waals surface area contributed by atoms with Gasteiger partial charge < -0.3 is 19.7 Å². The van der Waals surface area contributed by atoms with E-state index in [1.807, 2.05) is 48.3 Å². The number of benzene rings is 2. The molecule has 0 unspecified atom stereocenters. The van der Waals surface area contributed by atoms with E-state index >= 15 is 0 Å². The minimum atomic E-state index is 0.296. The second kappa shape index (κ2) is 6.66. The van der Waals surface area contributed by atoms with Gasteiger partial charge in [-0.05, 0) is 35.5 Å². The van der Waals surface area contributed by atoms with Crippen LogP contribution in [0.15, 0.2) is 48.5 Å². The summed E-state index contributed by atoms with van der Waals surface area (Å²) in [5, 5.41) is 3.99. The molecule has 1 N–H and O–H groups in total. The highest BCUT2D eigenvalue weighted by Crippen LogP contribution is 2.32. The third-order valence-electron chi connectivity index (χ3n) is 3.49. The van der Waals surface area contributed by atoms with Gasteiger partial charge in [0.2, 0.25) is 6.79 Å². The first-order chi connectivity index (χ1) is 10.7. The van der Waals surface area contributed by atoms with Crippen molar-refractivity contribution in [2.75, 3.05) is 13.8 Å². The third kappa shape index (κ3) is 3.49. The lowest BCUT2D eigenvalue weighted by atomic mass is 10.2. The van der Waals surface area contributed by atoms with Gasteiger partial charge in [0.15, 0.2) is 16.6 Å². The quantitative estimate of drug-likeness (QED) is 0.878. The first-order valence-electron chi connectivity index (χ1n) is 7.14. The number of rotatable bonds is 4. The molecule has 0 radical (unpaired) electrons. The van der Waals surface area contributed by atoms with E-state index in [0.29, 0.717) is 13.3 Å². The van der Waals surface area contributed by atoms with Crippen molar-refractivity contribution in [2.24, 2.45) is 0 Å². The van der Waals surface area contributed by atoms with E-state index in [1.54, 1.807) is 0 Å². The van der Waals surface area contributed by atoms with Crippen molar-refractivity contribution in [3.8, 4) is 11.5 Å². The zero-order valence-corrected chi connectivity index (χ0v) is 13.2. The van der Waals surface area contributed by atoms with Crippen LogP contribution in [0.4, 0.5) is 0 Å². The fraction of sp³-hybridized carbons (Fsp3) is 0.235.